The number of sulfonamides is 1. The van der Waals surface area contributed by atoms with E-state index < -0.39 is 10.0 Å². The summed E-state index contributed by atoms with van der Waals surface area (Å²) in [6.45, 7) is 2.81. The van der Waals surface area contributed by atoms with Crippen LogP contribution < -0.4 is 14.8 Å². The number of aryl methyl sites for hydroxylation is 1. The number of hydrogen-bond donors (Lipinski definition) is 2. The lowest BCUT2D eigenvalue weighted by molar-refractivity contribution is 0.0950. The SMILES string of the molecule is CNS(=O)(=O)Cc1ccc(CNC(=O)c2cccc(OCc3cccc(C)c3)c2)cc1. The molecule has 7 heteroatoms. The van der Waals surface area contributed by atoms with E-state index in [1.807, 2.05) is 43.3 Å². The molecule has 0 unspecified atom stereocenters. The number of carbonyl (C=O) groups excluding carboxylic acids is 1. The van der Waals surface area contributed by atoms with Crippen molar-refractivity contribution in [2.24, 2.45) is 0 Å². The van der Waals surface area contributed by atoms with Gasteiger partial charge in [0.1, 0.15) is 12.4 Å². The molecule has 6 nitrogen and oxygen atoms in total. The highest BCUT2D eigenvalue weighted by atomic mass is 32.2. The normalized spacial score (nSPS) is 11.2. The molecule has 2 N–H and O–H groups in total. The first kappa shape index (κ1) is 22.5. The highest BCUT2D eigenvalue weighted by molar-refractivity contribution is 7.88. The molecule has 0 heterocycles. The fraction of sp³-hybridized carbons (Fsp3) is 0.208. The van der Waals surface area contributed by atoms with E-state index in [0.29, 0.717) is 30.0 Å². The molecule has 0 aromatic heterocycles. The van der Waals surface area contributed by atoms with Crippen LogP contribution >= 0.6 is 0 Å². The molecule has 0 radical (unpaired) electrons. The molecule has 3 rings (SSSR count). The minimum Gasteiger partial charge on any atom is -0.489 e. The van der Waals surface area contributed by atoms with Gasteiger partial charge in [-0.25, -0.2) is 13.1 Å². The Morgan fingerprint density at radius 3 is 2.32 bits per heavy atom. The van der Waals surface area contributed by atoms with Gasteiger partial charge in [-0.15, -0.1) is 0 Å². The number of nitrogens with one attached hydrogen (secondary N) is 2. The third-order valence-electron chi connectivity index (χ3n) is 4.73. The van der Waals surface area contributed by atoms with Crippen LogP contribution in [0.3, 0.4) is 0 Å². The summed E-state index contributed by atoms with van der Waals surface area (Å²) in [7, 11) is -1.92. The lowest BCUT2D eigenvalue weighted by atomic mass is 10.1. The largest absolute Gasteiger partial charge is 0.489 e. The van der Waals surface area contributed by atoms with Crippen LogP contribution in [0.15, 0.2) is 72.8 Å². The summed E-state index contributed by atoms with van der Waals surface area (Å²) in [5.41, 5.74) is 4.32. The molecule has 3 aromatic carbocycles. The molecule has 0 fully saturated rings. The van der Waals surface area contributed by atoms with Crippen LogP contribution in [0.2, 0.25) is 0 Å². The van der Waals surface area contributed by atoms with E-state index in [2.05, 4.69) is 16.1 Å². The smallest absolute Gasteiger partial charge is 0.251 e. The molecule has 162 valence electrons. The van der Waals surface area contributed by atoms with Crippen LogP contribution in [0.25, 0.3) is 0 Å². The molecule has 0 aliphatic rings. The summed E-state index contributed by atoms with van der Waals surface area (Å²) < 4.78 is 31.4. The Bertz CT molecular complexity index is 1140. The second kappa shape index (κ2) is 10.2. The standard InChI is InChI=1S/C24H26N2O4S/c1-18-5-3-6-21(13-18)16-30-23-8-4-7-22(14-23)24(27)26-15-19-9-11-20(12-10-19)17-31(28,29)25-2/h3-14,25H,15-17H2,1-2H3,(H,26,27). The fourth-order valence-corrected chi connectivity index (χ4v) is 3.80. The Hall–Kier alpha value is -3.16. The number of carbonyl (C=O) groups is 1. The summed E-state index contributed by atoms with van der Waals surface area (Å²) in [6.07, 6.45) is 0. The zero-order chi connectivity index (χ0) is 22.3. The van der Waals surface area contributed by atoms with E-state index in [4.69, 9.17) is 4.74 Å². The predicted octanol–water partition coefficient (Wildman–Crippen LogP) is 3.55. The average Bonchev–Trinajstić information content (AvgIpc) is 2.77. The van der Waals surface area contributed by atoms with Crippen LogP contribution in [0.4, 0.5) is 0 Å². The Balaban J connectivity index is 1.55. The predicted molar refractivity (Wildman–Crippen MR) is 121 cm³/mol. The molecule has 0 saturated carbocycles. The summed E-state index contributed by atoms with van der Waals surface area (Å²) >= 11 is 0. The van der Waals surface area contributed by atoms with E-state index in [9.17, 15) is 13.2 Å². The number of rotatable bonds is 9. The second-order valence-electron chi connectivity index (χ2n) is 7.27. The van der Waals surface area contributed by atoms with Crippen molar-refractivity contribution in [3.63, 3.8) is 0 Å². The van der Waals surface area contributed by atoms with E-state index in [1.165, 1.54) is 12.6 Å². The van der Waals surface area contributed by atoms with Gasteiger partial charge in [0.15, 0.2) is 0 Å². The third-order valence-corrected chi connectivity index (χ3v) is 6.06. The molecule has 0 saturated heterocycles. The third kappa shape index (κ3) is 6.94. The topological polar surface area (TPSA) is 84.5 Å². The summed E-state index contributed by atoms with van der Waals surface area (Å²) in [5.74, 6) is 0.345. The summed E-state index contributed by atoms with van der Waals surface area (Å²) in [4.78, 5) is 12.5. The monoisotopic (exact) mass is 438 g/mol. The van der Waals surface area contributed by atoms with Crippen molar-refractivity contribution in [1.82, 2.24) is 10.0 Å². The molecule has 0 aliphatic carbocycles. The van der Waals surface area contributed by atoms with Crippen molar-refractivity contribution < 1.29 is 17.9 Å². The second-order valence-corrected chi connectivity index (χ2v) is 9.19. The van der Waals surface area contributed by atoms with Gasteiger partial charge in [0, 0.05) is 12.1 Å². The molecule has 0 aliphatic heterocycles. The van der Waals surface area contributed by atoms with Crippen molar-refractivity contribution in [3.8, 4) is 5.75 Å². The molecular weight excluding hydrogens is 412 g/mol. The molecule has 31 heavy (non-hydrogen) atoms. The van der Waals surface area contributed by atoms with Gasteiger partial charge in [-0.1, -0.05) is 60.2 Å². The molecule has 3 aromatic rings. The van der Waals surface area contributed by atoms with Crippen molar-refractivity contribution in [2.45, 2.75) is 25.8 Å². The lowest BCUT2D eigenvalue weighted by Gasteiger charge is -2.10. The Kier molecular flexibility index (Phi) is 7.44. The number of benzene rings is 3. The highest BCUT2D eigenvalue weighted by Crippen LogP contribution is 2.16. The number of ether oxygens (including phenoxy) is 1. The Morgan fingerprint density at radius 2 is 1.61 bits per heavy atom. The Labute approximate surface area is 183 Å². The van der Waals surface area contributed by atoms with Gasteiger partial charge < -0.3 is 10.1 Å². The average molecular weight is 439 g/mol. The van der Waals surface area contributed by atoms with Gasteiger partial charge in [-0.05, 0) is 48.9 Å². The van der Waals surface area contributed by atoms with Crippen molar-refractivity contribution in [2.75, 3.05) is 7.05 Å². The van der Waals surface area contributed by atoms with Crippen LogP contribution in [-0.4, -0.2) is 21.4 Å². The van der Waals surface area contributed by atoms with Gasteiger partial charge >= 0.3 is 0 Å². The first-order valence-corrected chi connectivity index (χ1v) is 11.6. The van der Waals surface area contributed by atoms with E-state index >= 15 is 0 Å². The summed E-state index contributed by atoms with van der Waals surface area (Å²) in [6, 6.07) is 22.3. The van der Waals surface area contributed by atoms with E-state index in [0.717, 1.165) is 11.1 Å². The van der Waals surface area contributed by atoms with Gasteiger partial charge in [-0.2, -0.15) is 0 Å². The van der Waals surface area contributed by atoms with Gasteiger partial charge in [0.05, 0.1) is 5.75 Å². The van der Waals surface area contributed by atoms with Crippen LogP contribution in [0.1, 0.15) is 32.6 Å². The van der Waals surface area contributed by atoms with Crippen molar-refractivity contribution in [1.29, 1.82) is 0 Å². The van der Waals surface area contributed by atoms with Crippen LogP contribution in [0.5, 0.6) is 5.75 Å². The molecule has 1 amide bonds. The maximum atomic E-state index is 12.5. The maximum Gasteiger partial charge on any atom is 0.251 e. The zero-order valence-corrected chi connectivity index (χ0v) is 18.4. The van der Waals surface area contributed by atoms with Crippen LogP contribution in [0, 0.1) is 6.92 Å². The number of hydrogen-bond acceptors (Lipinski definition) is 4. The highest BCUT2D eigenvalue weighted by Gasteiger charge is 2.09. The fourth-order valence-electron chi connectivity index (χ4n) is 3.03. The van der Waals surface area contributed by atoms with Gasteiger partial charge in [0.2, 0.25) is 10.0 Å². The first-order valence-electron chi connectivity index (χ1n) is 9.90. The van der Waals surface area contributed by atoms with Crippen molar-refractivity contribution in [3.05, 3.63) is 101 Å². The quantitative estimate of drug-likeness (QED) is 0.535. The zero-order valence-electron chi connectivity index (χ0n) is 17.6. The molecule has 0 bridgehead atoms. The van der Waals surface area contributed by atoms with E-state index in [1.54, 1.807) is 30.3 Å². The maximum absolute atomic E-state index is 12.5. The molecular formula is C24H26N2O4S. The number of amides is 1. The lowest BCUT2D eigenvalue weighted by Crippen LogP contribution is -2.23. The minimum atomic E-state index is -3.31. The Morgan fingerprint density at radius 1 is 0.903 bits per heavy atom. The summed E-state index contributed by atoms with van der Waals surface area (Å²) in [5, 5.41) is 2.88. The van der Waals surface area contributed by atoms with Crippen LogP contribution in [-0.2, 0) is 28.9 Å². The molecule has 0 spiro atoms. The minimum absolute atomic E-state index is 0.0779. The van der Waals surface area contributed by atoms with Gasteiger partial charge in [-0.3, -0.25) is 4.79 Å². The van der Waals surface area contributed by atoms with Gasteiger partial charge in [0.25, 0.3) is 5.91 Å². The van der Waals surface area contributed by atoms with E-state index in [-0.39, 0.29) is 11.7 Å². The first-order chi connectivity index (χ1) is 14.8. The molecule has 0 atom stereocenters. The van der Waals surface area contributed by atoms with Crippen molar-refractivity contribution >= 4 is 15.9 Å².